The standard InChI is InChI=1S/C16H11Cl4N3O/c1-8-15(21-13-5-3-2-4-10(13)18)22-23(16(8)24)14-11(19)6-9(17)7-12(14)20/h2-7,21-22H,1H3. The topological polar surface area (TPSA) is 49.8 Å². The van der Waals surface area contributed by atoms with Crippen LogP contribution in [-0.2, 0) is 0 Å². The van der Waals surface area contributed by atoms with Crippen LogP contribution in [0.4, 0.5) is 11.5 Å². The number of nitrogens with zero attached hydrogens (tertiary/aromatic N) is 1. The molecule has 2 N–H and O–H groups in total. The Labute approximate surface area is 157 Å². The summed E-state index contributed by atoms with van der Waals surface area (Å²) < 4.78 is 1.27. The first-order valence-electron chi connectivity index (χ1n) is 6.86. The van der Waals surface area contributed by atoms with Crippen molar-refractivity contribution in [3.63, 3.8) is 0 Å². The summed E-state index contributed by atoms with van der Waals surface area (Å²) in [4.78, 5) is 12.6. The second-order valence-corrected chi connectivity index (χ2v) is 6.73. The van der Waals surface area contributed by atoms with Crippen LogP contribution in [0.3, 0.4) is 0 Å². The minimum absolute atomic E-state index is 0.264. The maximum atomic E-state index is 12.6. The van der Waals surface area contributed by atoms with Gasteiger partial charge in [0.05, 0.1) is 26.3 Å². The molecule has 0 unspecified atom stereocenters. The molecule has 0 radical (unpaired) electrons. The van der Waals surface area contributed by atoms with Crippen LogP contribution in [-0.4, -0.2) is 9.78 Å². The average Bonchev–Trinajstić information content (AvgIpc) is 2.77. The Hall–Kier alpha value is -1.59. The lowest BCUT2D eigenvalue weighted by Gasteiger charge is -2.09. The number of aromatic amines is 1. The van der Waals surface area contributed by atoms with E-state index in [2.05, 4.69) is 10.4 Å². The minimum atomic E-state index is -0.282. The third kappa shape index (κ3) is 3.15. The van der Waals surface area contributed by atoms with E-state index in [0.29, 0.717) is 32.8 Å². The molecule has 2 aromatic carbocycles. The van der Waals surface area contributed by atoms with Gasteiger partial charge in [-0.3, -0.25) is 9.89 Å². The minimum Gasteiger partial charge on any atom is -0.339 e. The summed E-state index contributed by atoms with van der Waals surface area (Å²) >= 11 is 24.5. The van der Waals surface area contributed by atoms with Gasteiger partial charge in [-0.15, -0.1) is 0 Å². The Morgan fingerprint density at radius 2 is 1.62 bits per heavy atom. The van der Waals surface area contributed by atoms with E-state index >= 15 is 0 Å². The molecule has 3 aromatic rings. The van der Waals surface area contributed by atoms with E-state index in [1.54, 1.807) is 19.1 Å². The van der Waals surface area contributed by atoms with E-state index < -0.39 is 0 Å². The number of H-pyrrole nitrogens is 1. The van der Waals surface area contributed by atoms with Crippen LogP contribution in [0.5, 0.6) is 0 Å². The Kier molecular flexibility index (Phi) is 4.83. The van der Waals surface area contributed by atoms with Gasteiger partial charge < -0.3 is 5.32 Å². The number of anilines is 2. The van der Waals surface area contributed by atoms with Crippen LogP contribution in [0.25, 0.3) is 5.69 Å². The molecule has 0 amide bonds. The Balaban J connectivity index is 2.10. The highest BCUT2D eigenvalue weighted by atomic mass is 35.5. The molecule has 3 rings (SSSR count). The van der Waals surface area contributed by atoms with Crippen molar-refractivity contribution in [1.82, 2.24) is 9.78 Å². The zero-order valence-corrected chi connectivity index (χ0v) is 15.4. The monoisotopic (exact) mass is 401 g/mol. The molecule has 4 nitrogen and oxygen atoms in total. The third-order valence-electron chi connectivity index (χ3n) is 3.46. The smallest absolute Gasteiger partial charge is 0.276 e. The van der Waals surface area contributed by atoms with E-state index in [1.807, 2.05) is 12.1 Å². The van der Waals surface area contributed by atoms with Crippen LogP contribution in [0.15, 0.2) is 41.2 Å². The van der Waals surface area contributed by atoms with E-state index in [1.165, 1.54) is 16.8 Å². The van der Waals surface area contributed by atoms with E-state index in [9.17, 15) is 4.79 Å². The molecular weight excluding hydrogens is 392 g/mol. The quantitative estimate of drug-likeness (QED) is 0.578. The highest BCUT2D eigenvalue weighted by Gasteiger charge is 2.17. The van der Waals surface area contributed by atoms with Gasteiger partial charge in [0.2, 0.25) is 0 Å². The summed E-state index contributed by atoms with van der Waals surface area (Å²) in [6, 6.07) is 10.3. The van der Waals surface area contributed by atoms with Crippen molar-refractivity contribution < 1.29 is 0 Å². The fourth-order valence-electron chi connectivity index (χ4n) is 2.25. The lowest BCUT2D eigenvalue weighted by atomic mass is 10.3. The van der Waals surface area contributed by atoms with Crippen molar-refractivity contribution in [3.8, 4) is 5.69 Å². The number of para-hydroxylation sites is 1. The molecule has 24 heavy (non-hydrogen) atoms. The van der Waals surface area contributed by atoms with Gasteiger partial charge in [-0.05, 0) is 31.2 Å². The number of rotatable bonds is 3. The lowest BCUT2D eigenvalue weighted by Crippen LogP contribution is -2.16. The lowest BCUT2D eigenvalue weighted by molar-refractivity contribution is 0.851. The number of benzene rings is 2. The first-order chi connectivity index (χ1) is 11.4. The van der Waals surface area contributed by atoms with Crippen molar-refractivity contribution in [2.45, 2.75) is 6.92 Å². The van der Waals surface area contributed by atoms with Crippen LogP contribution >= 0.6 is 46.4 Å². The number of nitrogens with one attached hydrogen (secondary N) is 2. The van der Waals surface area contributed by atoms with Gasteiger partial charge in [0.25, 0.3) is 5.56 Å². The molecule has 0 saturated heterocycles. The largest absolute Gasteiger partial charge is 0.339 e. The first-order valence-corrected chi connectivity index (χ1v) is 8.37. The van der Waals surface area contributed by atoms with Crippen LogP contribution < -0.4 is 10.9 Å². The summed E-state index contributed by atoms with van der Waals surface area (Å²) in [6.07, 6.45) is 0. The number of halogens is 4. The molecule has 1 heterocycles. The second kappa shape index (κ2) is 6.73. The van der Waals surface area contributed by atoms with Crippen molar-refractivity contribution in [3.05, 3.63) is 72.4 Å². The molecule has 124 valence electrons. The van der Waals surface area contributed by atoms with Crippen LogP contribution in [0.1, 0.15) is 5.56 Å². The fraction of sp³-hybridized carbons (Fsp3) is 0.0625. The van der Waals surface area contributed by atoms with Gasteiger partial charge in [-0.2, -0.15) is 0 Å². The van der Waals surface area contributed by atoms with Gasteiger partial charge in [-0.25, -0.2) is 4.68 Å². The zero-order chi connectivity index (χ0) is 17.4. The molecule has 0 saturated carbocycles. The summed E-state index contributed by atoms with van der Waals surface area (Å²) in [6.45, 7) is 1.69. The van der Waals surface area contributed by atoms with Gasteiger partial charge in [0.15, 0.2) is 0 Å². The van der Waals surface area contributed by atoms with E-state index in [-0.39, 0.29) is 15.6 Å². The highest BCUT2D eigenvalue weighted by Crippen LogP contribution is 2.32. The van der Waals surface area contributed by atoms with Gasteiger partial charge in [0, 0.05) is 5.02 Å². The average molecular weight is 403 g/mol. The molecule has 0 aliphatic rings. The highest BCUT2D eigenvalue weighted by molar-refractivity contribution is 6.40. The normalized spacial score (nSPS) is 10.9. The SMILES string of the molecule is Cc1c(Nc2ccccc2Cl)[nH]n(-c2c(Cl)cc(Cl)cc2Cl)c1=O. The Bertz CT molecular complexity index is 955. The molecule has 0 fully saturated rings. The predicted octanol–water partition coefficient (Wildman–Crippen LogP) is 5.83. The van der Waals surface area contributed by atoms with Crippen molar-refractivity contribution in [1.29, 1.82) is 0 Å². The second-order valence-electron chi connectivity index (χ2n) is 5.08. The Morgan fingerprint density at radius 3 is 2.25 bits per heavy atom. The summed E-state index contributed by atoms with van der Waals surface area (Å²) in [7, 11) is 0. The van der Waals surface area contributed by atoms with Crippen LogP contribution in [0, 0.1) is 6.92 Å². The van der Waals surface area contributed by atoms with Gasteiger partial charge in [0.1, 0.15) is 11.5 Å². The molecule has 0 bridgehead atoms. The number of hydrogen-bond acceptors (Lipinski definition) is 2. The summed E-state index contributed by atoms with van der Waals surface area (Å²) in [5, 5.41) is 7.52. The molecule has 0 spiro atoms. The molecular formula is C16H11Cl4N3O. The molecule has 8 heteroatoms. The molecule has 1 aromatic heterocycles. The molecule has 0 aliphatic carbocycles. The van der Waals surface area contributed by atoms with Crippen molar-refractivity contribution >= 4 is 57.9 Å². The van der Waals surface area contributed by atoms with Crippen molar-refractivity contribution in [2.75, 3.05) is 5.32 Å². The maximum Gasteiger partial charge on any atom is 0.276 e. The third-order valence-corrected chi connectivity index (χ3v) is 4.59. The predicted molar refractivity (Wildman–Crippen MR) is 101 cm³/mol. The molecule has 0 atom stereocenters. The van der Waals surface area contributed by atoms with Crippen molar-refractivity contribution in [2.24, 2.45) is 0 Å². The number of hydrogen-bond donors (Lipinski definition) is 2. The molecule has 0 aliphatic heterocycles. The summed E-state index contributed by atoms with van der Waals surface area (Å²) in [5.74, 6) is 0.496. The number of aromatic nitrogens is 2. The van der Waals surface area contributed by atoms with E-state index in [0.717, 1.165) is 0 Å². The van der Waals surface area contributed by atoms with E-state index in [4.69, 9.17) is 46.4 Å². The summed E-state index contributed by atoms with van der Waals surface area (Å²) in [5.41, 5.74) is 1.19. The zero-order valence-electron chi connectivity index (χ0n) is 12.3. The fourth-order valence-corrected chi connectivity index (χ4v) is 3.41. The first kappa shape index (κ1) is 17.2. The Morgan fingerprint density at radius 1 is 1.00 bits per heavy atom. The van der Waals surface area contributed by atoms with Gasteiger partial charge >= 0.3 is 0 Å². The van der Waals surface area contributed by atoms with Crippen LogP contribution in [0.2, 0.25) is 20.1 Å². The maximum absolute atomic E-state index is 12.6. The van der Waals surface area contributed by atoms with Gasteiger partial charge in [-0.1, -0.05) is 58.5 Å².